The SMILES string of the molecule is OCc1c(C(F)F)cnc(CBr)c1F. The topological polar surface area (TPSA) is 33.1 Å². The second kappa shape index (κ2) is 4.75. The number of hydrogen-bond acceptors (Lipinski definition) is 2. The number of alkyl halides is 3. The number of aromatic nitrogens is 1. The third-order valence-electron chi connectivity index (χ3n) is 1.75. The molecule has 0 aliphatic carbocycles. The monoisotopic (exact) mass is 269 g/mol. The maximum atomic E-state index is 13.3. The second-order valence-electron chi connectivity index (χ2n) is 2.55. The molecule has 0 aliphatic rings. The summed E-state index contributed by atoms with van der Waals surface area (Å²) in [6, 6.07) is 0. The highest BCUT2D eigenvalue weighted by atomic mass is 79.9. The van der Waals surface area contributed by atoms with Crippen LogP contribution in [0, 0.1) is 5.82 Å². The Balaban J connectivity index is 3.28. The lowest BCUT2D eigenvalue weighted by molar-refractivity contribution is 0.145. The molecule has 0 unspecified atom stereocenters. The summed E-state index contributed by atoms with van der Waals surface area (Å²) in [6.07, 6.45) is -1.95. The predicted octanol–water partition coefficient (Wildman–Crippen LogP) is 2.55. The van der Waals surface area contributed by atoms with E-state index in [4.69, 9.17) is 5.11 Å². The van der Waals surface area contributed by atoms with Crippen molar-refractivity contribution in [2.24, 2.45) is 0 Å². The summed E-state index contributed by atoms with van der Waals surface area (Å²) in [5.74, 6) is -0.873. The third kappa shape index (κ3) is 2.06. The molecule has 0 saturated heterocycles. The molecule has 1 aromatic rings. The molecule has 1 rings (SSSR count). The van der Waals surface area contributed by atoms with Crippen molar-refractivity contribution in [3.05, 3.63) is 28.8 Å². The highest BCUT2D eigenvalue weighted by Crippen LogP contribution is 2.26. The van der Waals surface area contributed by atoms with Crippen LogP contribution in [0.15, 0.2) is 6.20 Å². The summed E-state index contributed by atoms with van der Waals surface area (Å²) in [6.45, 7) is -0.756. The zero-order chi connectivity index (χ0) is 10.7. The fraction of sp³-hybridized carbons (Fsp3) is 0.375. The summed E-state index contributed by atoms with van der Waals surface area (Å²) in [7, 11) is 0. The van der Waals surface area contributed by atoms with Crippen LogP contribution in [0.4, 0.5) is 13.2 Å². The molecule has 78 valence electrons. The first kappa shape index (κ1) is 11.5. The van der Waals surface area contributed by atoms with Gasteiger partial charge in [0.2, 0.25) is 0 Å². The minimum Gasteiger partial charge on any atom is -0.392 e. The zero-order valence-electron chi connectivity index (χ0n) is 6.98. The lowest BCUT2D eigenvalue weighted by Crippen LogP contribution is -2.04. The van der Waals surface area contributed by atoms with Gasteiger partial charge in [0.25, 0.3) is 6.43 Å². The van der Waals surface area contributed by atoms with Gasteiger partial charge in [-0.2, -0.15) is 0 Å². The molecule has 0 bridgehead atoms. The Bertz CT molecular complexity index is 333. The van der Waals surface area contributed by atoms with Gasteiger partial charge in [0.15, 0.2) is 5.82 Å². The summed E-state index contributed by atoms with van der Waals surface area (Å²) in [5, 5.41) is 8.87. The molecule has 6 heteroatoms. The molecule has 0 amide bonds. The van der Waals surface area contributed by atoms with Gasteiger partial charge in [-0.1, -0.05) is 15.9 Å². The molecule has 0 aliphatic heterocycles. The minimum atomic E-state index is -2.83. The van der Waals surface area contributed by atoms with E-state index in [1.165, 1.54) is 0 Å². The van der Waals surface area contributed by atoms with E-state index in [2.05, 4.69) is 20.9 Å². The average Bonchev–Trinajstić information content (AvgIpc) is 2.17. The molecule has 2 nitrogen and oxygen atoms in total. The summed E-state index contributed by atoms with van der Waals surface area (Å²) in [5.41, 5.74) is -0.933. The van der Waals surface area contributed by atoms with E-state index < -0.39 is 24.4 Å². The Morgan fingerprint density at radius 2 is 2.14 bits per heavy atom. The Labute approximate surface area is 86.9 Å². The van der Waals surface area contributed by atoms with Crippen LogP contribution in [0.1, 0.15) is 23.2 Å². The molecule has 1 heterocycles. The van der Waals surface area contributed by atoms with E-state index in [1.807, 2.05) is 0 Å². The zero-order valence-corrected chi connectivity index (χ0v) is 8.56. The van der Waals surface area contributed by atoms with Gasteiger partial charge < -0.3 is 5.11 Å². The van der Waals surface area contributed by atoms with E-state index in [9.17, 15) is 13.2 Å². The Morgan fingerprint density at radius 3 is 2.57 bits per heavy atom. The van der Waals surface area contributed by atoms with Crippen molar-refractivity contribution >= 4 is 15.9 Å². The number of nitrogens with zero attached hydrogens (tertiary/aromatic N) is 1. The lowest BCUT2D eigenvalue weighted by atomic mass is 10.1. The van der Waals surface area contributed by atoms with Gasteiger partial charge in [-0.3, -0.25) is 4.98 Å². The molecule has 14 heavy (non-hydrogen) atoms. The Kier molecular flexibility index (Phi) is 3.88. The van der Waals surface area contributed by atoms with Crippen molar-refractivity contribution in [3.63, 3.8) is 0 Å². The number of pyridine rings is 1. The average molecular weight is 270 g/mol. The first-order chi connectivity index (χ1) is 6.61. The number of aliphatic hydroxyl groups excluding tert-OH is 1. The molecule has 0 fully saturated rings. The van der Waals surface area contributed by atoms with Crippen molar-refractivity contribution in [3.8, 4) is 0 Å². The molecule has 0 radical (unpaired) electrons. The molecule has 0 saturated carbocycles. The van der Waals surface area contributed by atoms with Gasteiger partial charge in [0, 0.05) is 22.7 Å². The van der Waals surface area contributed by atoms with Crippen LogP contribution in [-0.2, 0) is 11.9 Å². The fourth-order valence-corrected chi connectivity index (χ4v) is 1.42. The largest absolute Gasteiger partial charge is 0.392 e. The highest BCUT2D eigenvalue weighted by Gasteiger charge is 2.19. The van der Waals surface area contributed by atoms with Crippen LogP contribution in [0.3, 0.4) is 0 Å². The molecule has 1 N–H and O–H groups in total. The van der Waals surface area contributed by atoms with Crippen LogP contribution in [0.5, 0.6) is 0 Å². The van der Waals surface area contributed by atoms with E-state index >= 15 is 0 Å². The molecule has 0 spiro atoms. The molecule has 1 aromatic heterocycles. The van der Waals surface area contributed by atoms with Crippen molar-refractivity contribution < 1.29 is 18.3 Å². The van der Waals surface area contributed by atoms with Gasteiger partial charge in [-0.15, -0.1) is 0 Å². The van der Waals surface area contributed by atoms with Crippen LogP contribution in [0.2, 0.25) is 0 Å². The van der Waals surface area contributed by atoms with Crippen molar-refractivity contribution in [2.45, 2.75) is 18.4 Å². The van der Waals surface area contributed by atoms with Gasteiger partial charge in [-0.05, 0) is 0 Å². The standard InChI is InChI=1S/C8H7BrF3NO/c9-1-6-7(10)5(3-14)4(2-13-6)8(11)12/h2,8,14H,1,3H2. The molecule has 0 aromatic carbocycles. The van der Waals surface area contributed by atoms with Crippen molar-refractivity contribution in [1.82, 2.24) is 4.98 Å². The third-order valence-corrected chi connectivity index (χ3v) is 2.28. The second-order valence-corrected chi connectivity index (χ2v) is 3.11. The van der Waals surface area contributed by atoms with Gasteiger partial charge in [0.05, 0.1) is 12.3 Å². The number of halogens is 4. The maximum absolute atomic E-state index is 13.3. The normalized spacial score (nSPS) is 11.0. The van der Waals surface area contributed by atoms with E-state index in [0.29, 0.717) is 0 Å². The van der Waals surface area contributed by atoms with Crippen LogP contribution < -0.4 is 0 Å². The number of hydrogen-bond donors (Lipinski definition) is 1. The minimum absolute atomic E-state index is 0.0125. The first-order valence-corrected chi connectivity index (χ1v) is 4.85. The van der Waals surface area contributed by atoms with Crippen molar-refractivity contribution in [1.29, 1.82) is 0 Å². The molecular formula is C8H7BrF3NO. The molecular weight excluding hydrogens is 263 g/mol. The highest BCUT2D eigenvalue weighted by molar-refractivity contribution is 9.08. The number of rotatable bonds is 3. The summed E-state index contributed by atoms with van der Waals surface area (Å²) >= 11 is 2.96. The van der Waals surface area contributed by atoms with E-state index in [-0.39, 0.29) is 16.6 Å². The van der Waals surface area contributed by atoms with Crippen LogP contribution in [-0.4, -0.2) is 10.1 Å². The van der Waals surface area contributed by atoms with Crippen molar-refractivity contribution in [2.75, 3.05) is 0 Å². The van der Waals surface area contributed by atoms with Crippen LogP contribution >= 0.6 is 15.9 Å². The fourth-order valence-electron chi connectivity index (χ4n) is 1.02. The first-order valence-electron chi connectivity index (χ1n) is 3.73. The van der Waals surface area contributed by atoms with Crippen LogP contribution in [0.25, 0.3) is 0 Å². The van der Waals surface area contributed by atoms with Gasteiger partial charge >= 0.3 is 0 Å². The van der Waals surface area contributed by atoms with Gasteiger partial charge in [0.1, 0.15) is 0 Å². The quantitative estimate of drug-likeness (QED) is 0.856. The van der Waals surface area contributed by atoms with E-state index in [1.54, 1.807) is 0 Å². The van der Waals surface area contributed by atoms with Gasteiger partial charge in [-0.25, -0.2) is 13.2 Å². The maximum Gasteiger partial charge on any atom is 0.265 e. The smallest absolute Gasteiger partial charge is 0.265 e. The summed E-state index contributed by atoms with van der Waals surface area (Å²) < 4.78 is 37.9. The predicted molar refractivity (Wildman–Crippen MR) is 47.7 cm³/mol. The Hall–Kier alpha value is -0.620. The Morgan fingerprint density at radius 1 is 1.50 bits per heavy atom. The molecule has 0 atom stereocenters. The summed E-state index contributed by atoms with van der Waals surface area (Å²) in [4.78, 5) is 3.51. The van der Waals surface area contributed by atoms with E-state index in [0.717, 1.165) is 6.20 Å². The lowest BCUT2D eigenvalue weighted by Gasteiger charge is -2.09. The number of aliphatic hydroxyl groups is 1.